The lowest BCUT2D eigenvalue weighted by Gasteiger charge is -2.17. The molecule has 3 heterocycles. The van der Waals surface area contributed by atoms with Gasteiger partial charge in [0.05, 0.1) is 16.3 Å². The van der Waals surface area contributed by atoms with E-state index in [1.807, 2.05) is 25.1 Å². The Balaban J connectivity index is 1.97. The lowest BCUT2D eigenvalue weighted by Crippen LogP contribution is -2.27. The van der Waals surface area contributed by atoms with Gasteiger partial charge in [-0.2, -0.15) is 5.10 Å². The van der Waals surface area contributed by atoms with Crippen LogP contribution in [0.15, 0.2) is 35.4 Å². The highest BCUT2D eigenvalue weighted by Crippen LogP contribution is 2.27. The average molecular weight is 445 g/mol. The first kappa shape index (κ1) is 16.0. The van der Waals surface area contributed by atoms with Gasteiger partial charge in [-0.3, -0.25) is 4.79 Å². The lowest BCUT2D eigenvalue weighted by molar-refractivity contribution is 0.540. The largest absolute Gasteiger partial charge is 0.383 e. The summed E-state index contributed by atoms with van der Waals surface area (Å²) in [4.78, 5) is 25.7. The van der Waals surface area contributed by atoms with Gasteiger partial charge in [0.1, 0.15) is 27.7 Å². The van der Waals surface area contributed by atoms with Crippen LogP contribution in [0.2, 0.25) is 0 Å². The van der Waals surface area contributed by atoms with Crippen molar-refractivity contribution in [2.45, 2.75) is 13.0 Å². The molecule has 1 unspecified atom stereocenters. The minimum atomic E-state index is -0.303. The summed E-state index contributed by atoms with van der Waals surface area (Å²) in [5, 5.41) is 5.84. The molecule has 0 amide bonds. The molecule has 0 bridgehead atoms. The third kappa shape index (κ3) is 2.39. The Bertz CT molecular complexity index is 1190. The number of halogens is 1. The molecule has 8 nitrogen and oxygen atoms in total. The van der Waals surface area contributed by atoms with Crippen molar-refractivity contribution in [2.75, 3.05) is 5.73 Å². The molecule has 0 aliphatic heterocycles. The molecule has 0 fully saturated rings. The van der Waals surface area contributed by atoms with Crippen molar-refractivity contribution < 1.29 is 0 Å². The molecule has 4 aromatic rings. The van der Waals surface area contributed by atoms with Gasteiger partial charge in [-0.1, -0.05) is 12.1 Å². The zero-order valence-corrected chi connectivity index (χ0v) is 15.7. The normalized spacial score (nSPS) is 12.7. The van der Waals surface area contributed by atoms with Gasteiger partial charge < -0.3 is 10.2 Å². The van der Waals surface area contributed by atoms with Gasteiger partial charge in [0.2, 0.25) is 13.5 Å². The van der Waals surface area contributed by atoms with Crippen molar-refractivity contribution in [1.29, 1.82) is 0 Å². The molecule has 0 aliphatic rings. The van der Waals surface area contributed by atoms with Crippen molar-refractivity contribution in [3.05, 3.63) is 50.5 Å². The highest BCUT2D eigenvalue weighted by Gasteiger charge is 2.21. The van der Waals surface area contributed by atoms with E-state index in [2.05, 4.69) is 42.6 Å². The maximum atomic E-state index is 12.7. The molecule has 10 heteroatoms. The van der Waals surface area contributed by atoms with E-state index in [1.54, 1.807) is 23.2 Å². The minimum Gasteiger partial charge on any atom is -0.383 e. The van der Waals surface area contributed by atoms with Crippen LogP contribution < -0.4 is 11.3 Å². The quantitative estimate of drug-likeness (QED) is 0.361. The van der Waals surface area contributed by atoms with Crippen LogP contribution in [0.4, 0.5) is 5.82 Å². The van der Waals surface area contributed by atoms with Gasteiger partial charge in [0.25, 0.3) is 0 Å². The Labute approximate surface area is 156 Å². The summed E-state index contributed by atoms with van der Waals surface area (Å²) >= 11 is 2.11. The summed E-state index contributed by atoms with van der Waals surface area (Å²) in [5.74, 6) is 0.981. The average Bonchev–Trinajstić information content (AvgIpc) is 2.95. The fraction of sp³-hybridized carbons (Fsp3) is 0.133. The van der Waals surface area contributed by atoms with E-state index in [-0.39, 0.29) is 11.6 Å². The van der Waals surface area contributed by atoms with Crippen LogP contribution in [0.5, 0.6) is 0 Å². The zero-order valence-electron chi connectivity index (χ0n) is 13.5. The van der Waals surface area contributed by atoms with Gasteiger partial charge in [0, 0.05) is 0 Å². The minimum absolute atomic E-state index is 0.0900. The van der Waals surface area contributed by atoms with Crippen LogP contribution in [0.1, 0.15) is 18.8 Å². The van der Waals surface area contributed by atoms with Gasteiger partial charge in [-0.15, -0.1) is 0 Å². The highest BCUT2D eigenvalue weighted by molar-refractivity contribution is 14.1. The van der Waals surface area contributed by atoms with Crippen LogP contribution >= 0.6 is 22.6 Å². The van der Waals surface area contributed by atoms with Crippen LogP contribution in [0.25, 0.3) is 21.9 Å². The van der Waals surface area contributed by atoms with Gasteiger partial charge in [-0.05, 0) is 41.6 Å². The Morgan fingerprint density at radius 3 is 2.84 bits per heavy atom. The number of hydrogen-bond acceptors (Lipinski definition) is 6. The van der Waals surface area contributed by atoms with E-state index in [0.717, 1.165) is 0 Å². The number of nitrogens with zero attached hydrogens (tertiary/aromatic N) is 6. The Hall–Kier alpha value is -2.50. The van der Waals surface area contributed by atoms with Crippen molar-refractivity contribution in [3.8, 4) is 0 Å². The molecule has 1 aromatic carbocycles. The standard InChI is InChI=1S/C15H13BIN7O/c1-7(24-14-10(11(17)22-24)12(18)19-6-20-14)13-21-9-5-3-2-4-8(9)15(25)23(13)16/h2-7H,16H2,1H3,(H2,18,19,20). The molecule has 0 saturated carbocycles. The first-order valence-corrected chi connectivity index (χ1v) is 8.66. The molecule has 124 valence electrons. The predicted octanol–water partition coefficient (Wildman–Crippen LogP) is 0.728. The summed E-state index contributed by atoms with van der Waals surface area (Å²) in [6.45, 7) is 1.93. The van der Waals surface area contributed by atoms with E-state index >= 15 is 0 Å². The molecule has 1 atom stereocenters. The van der Waals surface area contributed by atoms with Gasteiger partial charge in [-0.25, -0.2) is 19.6 Å². The number of para-hydroxylation sites is 1. The smallest absolute Gasteiger partial charge is 0.248 e. The van der Waals surface area contributed by atoms with E-state index in [0.29, 0.717) is 37.3 Å². The van der Waals surface area contributed by atoms with E-state index < -0.39 is 0 Å². The Kier molecular flexibility index (Phi) is 3.71. The van der Waals surface area contributed by atoms with Crippen molar-refractivity contribution in [3.63, 3.8) is 0 Å². The van der Waals surface area contributed by atoms with Crippen molar-refractivity contribution in [1.82, 2.24) is 29.2 Å². The Morgan fingerprint density at radius 2 is 2.04 bits per heavy atom. The molecular weight excluding hydrogens is 432 g/mol. The second-order valence-corrected chi connectivity index (χ2v) is 6.74. The number of anilines is 1. The Morgan fingerprint density at radius 1 is 1.28 bits per heavy atom. The number of benzene rings is 1. The molecule has 0 spiro atoms. The van der Waals surface area contributed by atoms with E-state index in [9.17, 15) is 4.79 Å². The third-order valence-corrected chi connectivity index (χ3v) is 4.99. The summed E-state index contributed by atoms with van der Waals surface area (Å²) < 4.78 is 3.99. The maximum absolute atomic E-state index is 12.7. The molecular formula is C15H13BIN7O. The fourth-order valence-electron chi connectivity index (χ4n) is 2.94. The molecule has 0 aliphatic carbocycles. The van der Waals surface area contributed by atoms with Crippen LogP contribution in [0.3, 0.4) is 0 Å². The summed E-state index contributed by atoms with van der Waals surface area (Å²) in [6, 6.07) is 7.00. The molecule has 4 rings (SSSR count). The molecule has 0 radical (unpaired) electrons. The van der Waals surface area contributed by atoms with Crippen LogP contribution in [0, 0.1) is 3.70 Å². The van der Waals surface area contributed by atoms with Crippen molar-refractivity contribution in [2.24, 2.45) is 0 Å². The van der Waals surface area contributed by atoms with E-state index in [4.69, 9.17) is 5.73 Å². The highest BCUT2D eigenvalue weighted by atomic mass is 127. The van der Waals surface area contributed by atoms with Crippen LogP contribution in [-0.2, 0) is 0 Å². The number of rotatable bonds is 2. The summed E-state index contributed by atoms with van der Waals surface area (Å²) in [7, 11) is 1.72. The fourth-order valence-corrected chi connectivity index (χ4v) is 3.69. The number of hydrogen-bond donors (Lipinski definition) is 1. The third-order valence-electron chi connectivity index (χ3n) is 4.23. The first-order valence-electron chi connectivity index (χ1n) is 7.59. The topological polar surface area (TPSA) is 105 Å². The van der Waals surface area contributed by atoms with E-state index in [1.165, 1.54) is 6.33 Å². The second kappa shape index (κ2) is 5.79. The maximum Gasteiger partial charge on any atom is 0.248 e. The molecule has 3 aromatic heterocycles. The first-order chi connectivity index (χ1) is 12.0. The lowest BCUT2D eigenvalue weighted by atomic mass is 10.2. The van der Waals surface area contributed by atoms with Gasteiger partial charge >= 0.3 is 0 Å². The number of nitrogen functional groups attached to an aromatic ring is 1. The second-order valence-electron chi connectivity index (χ2n) is 5.72. The SMILES string of the molecule is Bn1c(C(C)n2nc(I)c3c(N)ncnc32)nc2ccccc2c1=O. The number of nitrogens with two attached hydrogens (primary N) is 1. The predicted molar refractivity (Wildman–Crippen MR) is 106 cm³/mol. The molecule has 2 N–H and O–H groups in total. The van der Waals surface area contributed by atoms with Gasteiger partial charge in [0.15, 0.2) is 5.65 Å². The monoisotopic (exact) mass is 445 g/mol. The zero-order chi connectivity index (χ0) is 17.7. The number of aromatic nitrogens is 6. The van der Waals surface area contributed by atoms with Crippen LogP contribution in [-0.4, -0.2) is 37.2 Å². The summed E-state index contributed by atoms with van der Waals surface area (Å²) in [6.07, 6.45) is 1.41. The number of fused-ring (bicyclic) bond motifs is 2. The molecule has 0 saturated heterocycles. The van der Waals surface area contributed by atoms with Crippen molar-refractivity contribution >= 4 is 58.3 Å². The summed E-state index contributed by atoms with van der Waals surface area (Å²) in [5.41, 5.74) is 7.14. The molecule has 25 heavy (non-hydrogen) atoms.